The second kappa shape index (κ2) is 6.35. The standard InChI is InChI=1S/C12H17N7OS/c1-3-13-9-6-11(15-10(14-9)7-20-2)21-12-16-17-18-19(12)8-4-5-8/h6,8H,3-5,7H2,1-2H3,(H,13,14,15). The zero-order chi connectivity index (χ0) is 14.7. The number of anilines is 1. The second-order valence-electron chi connectivity index (χ2n) is 4.71. The quantitative estimate of drug-likeness (QED) is 0.770. The maximum Gasteiger partial charge on any atom is 0.215 e. The van der Waals surface area contributed by atoms with Crippen LogP contribution in [-0.4, -0.2) is 43.8 Å². The van der Waals surface area contributed by atoms with E-state index in [1.165, 1.54) is 11.8 Å². The third-order valence-electron chi connectivity index (χ3n) is 2.93. The van der Waals surface area contributed by atoms with E-state index in [1.54, 1.807) is 7.11 Å². The van der Waals surface area contributed by atoms with Crippen molar-refractivity contribution in [1.82, 2.24) is 30.2 Å². The van der Waals surface area contributed by atoms with Crippen molar-refractivity contribution in [2.24, 2.45) is 0 Å². The van der Waals surface area contributed by atoms with Gasteiger partial charge in [0.2, 0.25) is 5.16 Å². The number of hydrogen-bond donors (Lipinski definition) is 1. The van der Waals surface area contributed by atoms with Gasteiger partial charge in [0.15, 0.2) is 5.82 Å². The van der Waals surface area contributed by atoms with Crippen LogP contribution in [0.1, 0.15) is 31.6 Å². The number of nitrogens with one attached hydrogen (secondary N) is 1. The first kappa shape index (κ1) is 14.2. The lowest BCUT2D eigenvalue weighted by Gasteiger charge is -2.08. The summed E-state index contributed by atoms with van der Waals surface area (Å²) in [5, 5.41) is 16.6. The Hall–Kier alpha value is -1.74. The summed E-state index contributed by atoms with van der Waals surface area (Å²) in [4.78, 5) is 8.87. The number of methoxy groups -OCH3 is 1. The Morgan fingerprint density at radius 1 is 1.43 bits per heavy atom. The molecule has 0 radical (unpaired) electrons. The van der Waals surface area contributed by atoms with Crippen molar-refractivity contribution >= 4 is 17.6 Å². The van der Waals surface area contributed by atoms with E-state index in [-0.39, 0.29) is 0 Å². The van der Waals surface area contributed by atoms with E-state index in [9.17, 15) is 0 Å². The zero-order valence-electron chi connectivity index (χ0n) is 12.0. The van der Waals surface area contributed by atoms with Crippen LogP contribution in [0, 0.1) is 0 Å². The fourth-order valence-electron chi connectivity index (χ4n) is 1.88. The Morgan fingerprint density at radius 2 is 2.29 bits per heavy atom. The highest BCUT2D eigenvalue weighted by molar-refractivity contribution is 7.99. The highest BCUT2D eigenvalue weighted by atomic mass is 32.2. The van der Waals surface area contributed by atoms with Crippen molar-refractivity contribution in [3.63, 3.8) is 0 Å². The molecule has 0 unspecified atom stereocenters. The Morgan fingerprint density at radius 3 is 3.00 bits per heavy atom. The van der Waals surface area contributed by atoms with Gasteiger partial charge in [0.05, 0.1) is 6.04 Å². The molecule has 0 aromatic carbocycles. The van der Waals surface area contributed by atoms with E-state index in [0.29, 0.717) is 18.5 Å². The molecular formula is C12H17N7OS. The average Bonchev–Trinajstić information content (AvgIpc) is 3.20. The molecule has 0 saturated heterocycles. The molecule has 112 valence electrons. The fraction of sp³-hybridized carbons (Fsp3) is 0.583. The van der Waals surface area contributed by atoms with Crippen LogP contribution in [0.25, 0.3) is 0 Å². The van der Waals surface area contributed by atoms with Gasteiger partial charge in [-0.05, 0) is 42.0 Å². The van der Waals surface area contributed by atoms with Gasteiger partial charge in [0.1, 0.15) is 17.5 Å². The van der Waals surface area contributed by atoms with Crippen molar-refractivity contribution < 1.29 is 4.74 Å². The lowest BCUT2D eigenvalue weighted by Crippen LogP contribution is -2.05. The van der Waals surface area contributed by atoms with Crippen molar-refractivity contribution in [2.45, 2.75) is 42.6 Å². The van der Waals surface area contributed by atoms with Gasteiger partial charge in [-0.3, -0.25) is 0 Å². The molecule has 1 aliphatic rings. The van der Waals surface area contributed by atoms with E-state index < -0.39 is 0 Å². The van der Waals surface area contributed by atoms with E-state index in [1.807, 2.05) is 17.7 Å². The minimum absolute atomic E-state index is 0.375. The number of nitrogens with zero attached hydrogens (tertiary/aromatic N) is 6. The molecule has 0 spiro atoms. The average molecular weight is 307 g/mol. The van der Waals surface area contributed by atoms with Gasteiger partial charge in [-0.1, -0.05) is 0 Å². The van der Waals surface area contributed by atoms with Crippen LogP contribution in [-0.2, 0) is 11.3 Å². The first-order valence-corrected chi connectivity index (χ1v) is 7.68. The highest BCUT2D eigenvalue weighted by Gasteiger charge is 2.28. The minimum Gasteiger partial charge on any atom is -0.377 e. The summed E-state index contributed by atoms with van der Waals surface area (Å²) in [6.45, 7) is 3.20. The molecule has 0 bridgehead atoms. The predicted molar refractivity (Wildman–Crippen MR) is 77.1 cm³/mol. The summed E-state index contributed by atoms with van der Waals surface area (Å²) < 4.78 is 6.99. The second-order valence-corrected chi connectivity index (χ2v) is 5.70. The number of hydrogen-bond acceptors (Lipinski definition) is 8. The molecular weight excluding hydrogens is 290 g/mol. The zero-order valence-corrected chi connectivity index (χ0v) is 12.8. The van der Waals surface area contributed by atoms with E-state index in [0.717, 1.165) is 35.4 Å². The number of ether oxygens (including phenoxy) is 1. The van der Waals surface area contributed by atoms with Crippen molar-refractivity contribution in [3.8, 4) is 0 Å². The van der Waals surface area contributed by atoms with Gasteiger partial charge in [0.25, 0.3) is 0 Å². The van der Waals surface area contributed by atoms with Crippen LogP contribution < -0.4 is 5.32 Å². The fourth-order valence-corrected chi connectivity index (χ4v) is 2.75. The van der Waals surface area contributed by atoms with Crippen molar-refractivity contribution in [2.75, 3.05) is 19.0 Å². The predicted octanol–water partition coefficient (Wildman–Crippen LogP) is 1.53. The SMILES string of the molecule is CCNc1cc(Sc2nnnn2C2CC2)nc(COC)n1. The largest absolute Gasteiger partial charge is 0.377 e. The van der Waals surface area contributed by atoms with Gasteiger partial charge >= 0.3 is 0 Å². The Kier molecular flexibility index (Phi) is 4.30. The van der Waals surface area contributed by atoms with Gasteiger partial charge in [-0.25, -0.2) is 14.6 Å². The minimum atomic E-state index is 0.375. The molecule has 1 aliphatic carbocycles. The topological polar surface area (TPSA) is 90.6 Å². The molecule has 2 aromatic heterocycles. The van der Waals surface area contributed by atoms with Crippen LogP contribution in [0.4, 0.5) is 5.82 Å². The Bertz CT molecular complexity index is 589. The lowest BCUT2D eigenvalue weighted by atomic mass is 10.5. The molecule has 8 nitrogen and oxygen atoms in total. The van der Waals surface area contributed by atoms with Crippen molar-refractivity contribution in [3.05, 3.63) is 11.9 Å². The molecule has 2 aromatic rings. The summed E-state index contributed by atoms with van der Waals surface area (Å²) >= 11 is 1.45. The lowest BCUT2D eigenvalue weighted by molar-refractivity contribution is 0.177. The van der Waals surface area contributed by atoms with E-state index >= 15 is 0 Å². The maximum atomic E-state index is 5.12. The summed E-state index contributed by atoms with van der Waals surface area (Å²) in [5.74, 6) is 1.43. The monoisotopic (exact) mass is 307 g/mol. The summed E-state index contributed by atoms with van der Waals surface area (Å²) in [5.41, 5.74) is 0. The summed E-state index contributed by atoms with van der Waals surface area (Å²) in [7, 11) is 1.63. The van der Waals surface area contributed by atoms with Crippen LogP contribution in [0.5, 0.6) is 0 Å². The molecule has 1 N–H and O–H groups in total. The third kappa shape index (κ3) is 3.48. The van der Waals surface area contributed by atoms with Crippen LogP contribution in [0.2, 0.25) is 0 Å². The first-order chi connectivity index (χ1) is 10.3. The molecule has 0 amide bonds. The van der Waals surface area contributed by atoms with Crippen LogP contribution in [0.15, 0.2) is 16.2 Å². The molecule has 1 saturated carbocycles. The third-order valence-corrected chi connectivity index (χ3v) is 3.80. The van der Waals surface area contributed by atoms with E-state index in [4.69, 9.17) is 4.74 Å². The Balaban J connectivity index is 1.84. The van der Waals surface area contributed by atoms with Gasteiger partial charge in [0, 0.05) is 19.7 Å². The molecule has 1 fully saturated rings. The molecule has 0 atom stereocenters. The summed E-state index contributed by atoms with van der Waals surface area (Å²) in [6.07, 6.45) is 2.28. The first-order valence-electron chi connectivity index (χ1n) is 6.86. The number of aromatic nitrogens is 6. The number of rotatable bonds is 7. The molecule has 0 aliphatic heterocycles. The van der Waals surface area contributed by atoms with Gasteiger partial charge in [-0.15, -0.1) is 5.10 Å². The smallest absolute Gasteiger partial charge is 0.215 e. The van der Waals surface area contributed by atoms with Gasteiger partial charge < -0.3 is 10.1 Å². The molecule has 21 heavy (non-hydrogen) atoms. The van der Waals surface area contributed by atoms with Crippen LogP contribution >= 0.6 is 11.8 Å². The van der Waals surface area contributed by atoms with Crippen LogP contribution in [0.3, 0.4) is 0 Å². The Labute approximate surface area is 126 Å². The highest BCUT2D eigenvalue weighted by Crippen LogP contribution is 2.37. The molecule has 2 heterocycles. The molecule has 9 heteroatoms. The normalized spacial score (nSPS) is 14.4. The van der Waals surface area contributed by atoms with Crippen molar-refractivity contribution in [1.29, 1.82) is 0 Å². The number of tetrazole rings is 1. The summed E-state index contributed by atoms with van der Waals surface area (Å²) in [6, 6.07) is 2.34. The van der Waals surface area contributed by atoms with Gasteiger partial charge in [-0.2, -0.15) is 0 Å². The molecule has 3 rings (SSSR count). The van der Waals surface area contributed by atoms with E-state index in [2.05, 4.69) is 30.8 Å². The maximum absolute atomic E-state index is 5.12.